The maximum atomic E-state index is 13.4. The summed E-state index contributed by atoms with van der Waals surface area (Å²) in [5.41, 5.74) is -0.0643. The van der Waals surface area contributed by atoms with Gasteiger partial charge in [0, 0.05) is 23.6 Å². The summed E-state index contributed by atoms with van der Waals surface area (Å²) in [7, 11) is 0. The zero-order valence-corrected chi connectivity index (χ0v) is 12.0. The van der Waals surface area contributed by atoms with Crippen molar-refractivity contribution in [2.45, 2.75) is 32.7 Å². The number of hydrogen-bond donors (Lipinski definition) is 2. The molecule has 0 radical (unpaired) electrons. The van der Waals surface area contributed by atoms with Crippen LogP contribution in [-0.4, -0.2) is 21.1 Å². The summed E-state index contributed by atoms with van der Waals surface area (Å²) < 4.78 is 26.2. The summed E-state index contributed by atoms with van der Waals surface area (Å²) in [6.45, 7) is 5.74. The van der Waals surface area contributed by atoms with E-state index in [0.717, 1.165) is 12.1 Å². The smallest absolute Gasteiger partial charge is 0.291 e. The SMILES string of the molecule is CC(C)(C)c1nc(C(=O)NCc2ccc(F)cc2F)n[nH]1. The second-order valence-corrected chi connectivity index (χ2v) is 5.68. The summed E-state index contributed by atoms with van der Waals surface area (Å²) in [4.78, 5) is 16.0. The lowest BCUT2D eigenvalue weighted by Gasteiger charge is -2.12. The Morgan fingerprint density at radius 3 is 2.62 bits per heavy atom. The lowest BCUT2D eigenvalue weighted by Crippen LogP contribution is -2.24. The standard InChI is InChI=1S/C14H16F2N4O/c1-14(2,3)13-18-11(19-20-13)12(21)17-7-8-4-5-9(15)6-10(8)16/h4-6H,7H2,1-3H3,(H,17,21)(H,18,19,20). The molecule has 0 unspecified atom stereocenters. The number of carbonyl (C=O) groups excluding carboxylic acids is 1. The highest BCUT2D eigenvalue weighted by molar-refractivity contribution is 5.90. The zero-order chi connectivity index (χ0) is 15.6. The van der Waals surface area contributed by atoms with E-state index >= 15 is 0 Å². The van der Waals surface area contributed by atoms with E-state index in [1.165, 1.54) is 6.07 Å². The fraction of sp³-hybridized carbons (Fsp3) is 0.357. The summed E-state index contributed by atoms with van der Waals surface area (Å²) in [6, 6.07) is 3.19. The fourth-order valence-electron chi connectivity index (χ4n) is 1.62. The Bertz CT molecular complexity index is 661. The van der Waals surface area contributed by atoms with Crippen LogP contribution in [0.15, 0.2) is 18.2 Å². The number of nitrogens with one attached hydrogen (secondary N) is 2. The fourth-order valence-corrected chi connectivity index (χ4v) is 1.62. The number of aromatic nitrogens is 3. The summed E-state index contributed by atoms with van der Waals surface area (Å²) in [5.74, 6) is -1.32. The van der Waals surface area contributed by atoms with E-state index in [0.29, 0.717) is 5.82 Å². The summed E-state index contributed by atoms with van der Waals surface area (Å²) >= 11 is 0. The lowest BCUT2D eigenvalue weighted by molar-refractivity contribution is 0.0940. The van der Waals surface area contributed by atoms with Crippen molar-refractivity contribution in [3.8, 4) is 0 Å². The van der Waals surface area contributed by atoms with Crippen LogP contribution in [0.3, 0.4) is 0 Å². The average molecular weight is 294 g/mol. The molecule has 2 rings (SSSR count). The molecule has 0 aliphatic rings. The molecule has 21 heavy (non-hydrogen) atoms. The quantitative estimate of drug-likeness (QED) is 0.912. The van der Waals surface area contributed by atoms with Gasteiger partial charge in [0.25, 0.3) is 5.91 Å². The first-order valence-electron chi connectivity index (χ1n) is 6.42. The van der Waals surface area contributed by atoms with Gasteiger partial charge in [-0.2, -0.15) is 0 Å². The van der Waals surface area contributed by atoms with E-state index in [-0.39, 0.29) is 23.3 Å². The van der Waals surface area contributed by atoms with Gasteiger partial charge in [0.05, 0.1) is 0 Å². The van der Waals surface area contributed by atoms with Crippen molar-refractivity contribution in [2.75, 3.05) is 0 Å². The molecule has 2 aromatic rings. The second kappa shape index (κ2) is 5.59. The molecule has 1 aromatic carbocycles. The Kier molecular flexibility index (Phi) is 4.02. The monoisotopic (exact) mass is 294 g/mol. The molecule has 5 nitrogen and oxygen atoms in total. The van der Waals surface area contributed by atoms with Crippen LogP contribution in [-0.2, 0) is 12.0 Å². The van der Waals surface area contributed by atoms with Crippen LogP contribution in [0.2, 0.25) is 0 Å². The van der Waals surface area contributed by atoms with Gasteiger partial charge < -0.3 is 5.32 Å². The minimum atomic E-state index is -0.708. The van der Waals surface area contributed by atoms with Gasteiger partial charge in [-0.3, -0.25) is 9.89 Å². The van der Waals surface area contributed by atoms with Gasteiger partial charge >= 0.3 is 0 Å². The number of halogens is 2. The number of aromatic amines is 1. The molecule has 1 heterocycles. The largest absolute Gasteiger partial charge is 0.345 e. The number of H-pyrrole nitrogens is 1. The Hall–Kier alpha value is -2.31. The van der Waals surface area contributed by atoms with E-state index in [2.05, 4.69) is 20.5 Å². The summed E-state index contributed by atoms with van der Waals surface area (Å²) in [5, 5.41) is 9.02. The third-order valence-corrected chi connectivity index (χ3v) is 2.85. The molecule has 2 N–H and O–H groups in total. The van der Waals surface area contributed by atoms with E-state index in [4.69, 9.17) is 0 Å². The average Bonchev–Trinajstić information content (AvgIpc) is 2.87. The van der Waals surface area contributed by atoms with E-state index in [9.17, 15) is 13.6 Å². The lowest BCUT2D eigenvalue weighted by atomic mass is 9.96. The first-order valence-corrected chi connectivity index (χ1v) is 6.42. The summed E-state index contributed by atoms with van der Waals surface area (Å²) in [6.07, 6.45) is 0. The maximum Gasteiger partial charge on any atom is 0.291 e. The van der Waals surface area contributed by atoms with Crippen LogP contribution < -0.4 is 5.32 Å². The molecule has 0 atom stereocenters. The predicted octanol–water partition coefficient (Wildman–Crippen LogP) is 2.31. The number of carbonyl (C=O) groups is 1. The Balaban J connectivity index is 2.03. The highest BCUT2D eigenvalue weighted by Crippen LogP contribution is 2.17. The molecule has 0 fully saturated rings. The number of amides is 1. The third kappa shape index (κ3) is 3.62. The van der Waals surface area contributed by atoms with Crippen LogP contribution in [0.1, 0.15) is 42.8 Å². The van der Waals surface area contributed by atoms with Crippen LogP contribution in [0, 0.1) is 11.6 Å². The van der Waals surface area contributed by atoms with Crippen LogP contribution in [0.25, 0.3) is 0 Å². The number of rotatable bonds is 3. The normalized spacial score (nSPS) is 11.5. The zero-order valence-electron chi connectivity index (χ0n) is 12.0. The van der Waals surface area contributed by atoms with Crippen molar-refractivity contribution in [1.29, 1.82) is 0 Å². The van der Waals surface area contributed by atoms with Crippen molar-refractivity contribution in [1.82, 2.24) is 20.5 Å². The van der Waals surface area contributed by atoms with Gasteiger partial charge in [-0.1, -0.05) is 26.8 Å². The van der Waals surface area contributed by atoms with Gasteiger partial charge in [0.15, 0.2) is 0 Å². The van der Waals surface area contributed by atoms with Crippen molar-refractivity contribution >= 4 is 5.91 Å². The molecule has 0 aliphatic heterocycles. The Morgan fingerprint density at radius 2 is 2.05 bits per heavy atom. The molecule has 1 aromatic heterocycles. The minimum absolute atomic E-state index is 0.0116. The molecule has 0 spiro atoms. The van der Waals surface area contributed by atoms with E-state index < -0.39 is 17.5 Å². The topological polar surface area (TPSA) is 70.7 Å². The minimum Gasteiger partial charge on any atom is -0.345 e. The number of benzene rings is 1. The van der Waals surface area contributed by atoms with Gasteiger partial charge in [0.1, 0.15) is 17.5 Å². The molecular weight excluding hydrogens is 278 g/mol. The highest BCUT2D eigenvalue weighted by atomic mass is 19.1. The molecule has 0 saturated heterocycles. The van der Waals surface area contributed by atoms with Gasteiger partial charge in [-0.15, -0.1) is 5.10 Å². The van der Waals surface area contributed by atoms with Crippen LogP contribution in [0.5, 0.6) is 0 Å². The molecule has 0 saturated carbocycles. The molecular formula is C14H16F2N4O. The molecule has 0 aliphatic carbocycles. The first-order chi connectivity index (χ1) is 9.77. The van der Waals surface area contributed by atoms with Gasteiger partial charge in [0.2, 0.25) is 5.82 Å². The molecule has 0 bridgehead atoms. The third-order valence-electron chi connectivity index (χ3n) is 2.85. The Morgan fingerprint density at radius 1 is 1.33 bits per heavy atom. The Labute approximate surface area is 120 Å². The molecule has 7 heteroatoms. The van der Waals surface area contributed by atoms with Crippen LogP contribution in [0.4, 0.5) is 8.78 Å². The van der Waals surface area contributed by atoms with Crippen molar-refractivity contribution in [3.05, 3.63) is 47.0 Å². The van der Waals surface area contributed by atoms with Crippen molar-refractivity contribution in [2.24, 2.45) is 0 Å². The maximum absolute atomic E-state index is 13.4. The number of hydrogen-bond acceptors (Lipinski definition) is 3. The highest BCUT2D eigenvalue weighted by Gasteiger charge is 2.21. The van der Waals surface area contributed by atoms with E-state index in [1.54, 1.807) is 0 Å². The van der Waals surface area contributed by atoms with Crippen molar-refractivity contribution in [3.63, 3.8) is 0 Å². The van der Waals surface area contributed by atoms with Gasteiger partial charge in [-0.05, 0) is 6.07 Å². The first kappa shape index (κ1) is 15.1. The second-order valence-electron chi connectivity index (χ2n) is 5.68. The predicted molar refractivity (Wildman–Crippen MR) is 72.6 cm³/mol. The van der Waals surface area contributed by atoms with E-state index in [1.807, 2.05) is 20.8 Å². The van der Waals surface area contributed by atoms with Crippen LogP contribution >= 0.6 is 0 Å². The number of nitrogens with zero attached hydrogens (tertiary/aromatic N) is 2. The molecule has 112 valence electrons. The van der Waals surface area contributed by atoms with Crippen molar-refractivity contribution < 1.29 is 13.6 Å². The molecule has 1 amide bonds. The van der Waals surface area contributed by atoms with Gasteiger partial charge in [-0.25, -0.2) is 13.8 Å².